The van der Waals surface area contributed by atoms with E-state index in [0.29, 0.717) is 20.0 Å². The van der Waals surface area contributed by atoms with E-state index in [0.717, 1.165) is 28.6 Å². The summed E-state index contributed by atoms with van der Waals surface area (Å²) in [4.78, 5) is 53.6. The van der Waals surface area contributed by atoms with E-state index in [2.05, 4.69) is 20.5 Å². The van der Waals surface area contributed by atoms with E-state index >= 15 is 0 Å². The van der Waals surface area contributed by atoms with Crippen LogP contribution in [0.3, 0.4) is 0 Å². The van der Waals surface area contributed by atoms with E-state index in [1.165, 1.54) is 39.8 Å². The normalized spacial score (nSPS) is 19.6. The number of hydrogen-bond acceptors (Lipinski definition) is 13. The summed E-state index contributed by atoms with van der Waals surface area (Å²) in [6, 6.07) is -0.925. The highest BCUT2D eigenvalue weighted by molar-refractivity contribution is 8.03. The van der Waals surface area contributed by atoms with Gasteiger partial charge in [0.2, 0.25) is 0 Å². The van der Waals surface area contributed by atoms with E-state index in [4.69, 9.17) is 22.4 Å². The fraction of sp³-hybridized carbons (Fsp3) is 0.278. The van der Waals surface area contributed by atoms with Gasteiger partial charge in [-0.1, -0.05) is 46.5 Å². The van der Waals surface area contributed by atoms with Crippen molar-refractivity contribution in [1.82, 2.24) is 25.4 Å². The Morgan fingerprint density at radius 2 is 2.00 bits per heavy atom. The van der Waals surface area contributed by atoms with Crippen LogP contribution in [0.2, 0.25) is 0 Å². The molecular weight excluding hydrogens is 592 g/mol. The van der Waals surface area contributed by atoms with Crippen molar-refractivity contribution in [3.8, 4) is 0 Å². The highest BCUT2D eigenvalue weighted by Gasteiger charge is 2.54. The van der Waals surface area contributed by atoms with Gasteiger partial charge in [0.15, 0.2) is 13.8 Å². The van der Waals surface area contributed by atoms with Crippen LogP contribution in [-0.2, 0) is 19.2 Å². The summed E-state index contributed by atoms with van der Waals surface area (Å²) in [6.45, 7) is 0. The Morgan fingerprint density at radius 1 is 1.28 bits per heavy atom. The molecule has 2 aromatic heterocycles. The third-order valence-electron chi connectivity index (χ3n) is 4.76. The van der Waals surface area contributed by atoms with Crippen LogP contribution in [0.15, 0.2) is 30.9 Å². The van der Waals surface area contributed by atoms with Gasteiger partial charge in [-0.15, -0.1) is 33.3 Å². The molecule has 2 aromatic rings. The largest absolute Gasteiger partial charge is 0.481 e. The van der Waals surface area contributed by atoms with E-state index < -0.39 is 35.2 Å². The lowest BCUT2D eigenvalue weighted by atomic mass is 10.0. The summed E-state index contributed by atoms with van der Waals surface area (Å²) in [7, 11) is 0. The molecule has 18 heteroatoms. The summed E-state index contributed by atoms with van der Waals surface area (Å²) in [5, 5.41) is 30.4. The van der Waals surface area contributed by atoms with Gasteiger partial charge in [0.05, 0.1) is 17.0 Å². The molecular formula is C18H15ClN6O6S5. The minimum Gasteiger partial charge on any atom is -0.481 e. The van der Waals surface area contributed by atoms with Crippen molar-refractivity contribution in [3.63, 3.8) is 0 Å². The molecule has 0 aromatic carbocycles. The zero-order chi connectivity index (χ0) is 26.0. The van der Waals surface area contributed by atoms with E-state index in [-0.39, 0.29) is 33.6 Å². The van der Waals surface area contributed by atoms with Crippen molar-refractivity contribution in [1.29, 1.82) is 0 Å². The number of thioether (sulfide) groups is 3. The van der Waals surface area contributed by atoms with Crippen LogP contribution >= 0.6 is 69.6 Å². The molecule has 0 bridgehead atoms. The lowest BCUT2D eigenvalue weighted by Crippen LogP contribution is -2.70. The van der Waals surface area contributed by atoms with Crippen LogP contribution < -0.4 is 11.1 Å². The van der Waals surface area contributed by atoms with Gasteiger partial charge in [0, 0.05) is 22.4 Å². The van der Waals surface area contributed by atoms with Crippen LogP contribution in [0.4, 0.5) is 5.13 Å². The minimum absolute atomic E-state index is 0.0423. The fourth-order valence-corrected chi connectivity index (χ4v) is 8.23. The summed E-state index contributed by atoms with van der Waals surface area (Å²) in [5.41, 5.74) is 7.39. The number of carboxylic acid groups (broad SMARTS) is 2. The topological polar surface area (TPSA) is 189 Å². The Morgan fingerprint density at radius 3 is 2.61 bits per heavy atom. The molecule has 5 N–H and O–H groups in total. The number of halogens is 1. The Labute approximate surface area is 228 Å². The number of nitrogens with two attached hydrogens (primary N) is 1. The van der Waals surface area contributed by atoms with Gasteiger partial charge in [-0.3, -0.25) is 19.3 Å². The number of carboxylic acids is 2. The molecule has 1 saturated heterocycles. The number of nitrogen functional groups attached to an aromatic ring is 1. The van der Waals surface area contributed by atoms with Gasteiger partial charge in [-0.2, -0.15) is 0 Å². The number of hydrogen-bond donors (Lipinski definition) is 4. The maximum atomic E-state index is 12.9. The minimum atomic E-state index is -1.25. The second-order valence-electron chi connectivity index (χ2n) is 7.02. The zero-order valence-electron chi connectivity index (χ0n) is 17.7. The molecule has 4 heterocycles. The number of nitrogens with zero attached hydrogens (tertiary/aromatic N) is 4. The van der Waals surface area contributed by atoms with Crippen LogP contribution in [0.5, 0.6) is 0 Å². The molecule has 36 heavy (non-hydrogen) atoms. The third-order valence-corrected chi connectivity index (χ3v) is 10.3. The average molecular weight is 607 g/mol. The average Bonchev–Trinajstić information content (AvgIpc) is 3.48. The van der Waals surface area contributed by atoms with Crippen LogP contribution in [0.25, 0.3) is 5.57 Å². The molecule has 0 spiro atoms. The molecule has 0 radical (unpaired) electrons. The first kappa shape index (κ1) is 26.7. The second kappa shape index (κ2) is 11.4. The molecule has 2 amide bonds. The highest BCUT2D eigenvalue weighted by Crippen LogP contribution is 2.42. The van der Waals surface area contributed by atoms with Crippen LogP contribution in [0, 0.1) is 0 Å². The summed E-state index contributed by atoms with van der Waals surface area (Å²) in [6.07, 6.45) is 0. The monoisotopic (exact) mass is 606 g/mol. The quantitative estimate of drug-likeness (QED) is 0.174. The molecule has 2 aliphatic rings. The lowest BCUT2D eigenvalue weighted by Gasteiger charge is -2.49. The molecule has 0 aliphatic carbocycles. The van der Waals surface area contributed by atoms with Crippen molar-refractivity contribution in [2.24, 2.45) is 0 Å². The van der Waals surface area contributed by atoms with Crippen molar-refractivity contribution < 1.29 is 29.4 Å². The Bertz CT molecular complexity index is 1290. The number of fused-ring (bicyclic) bond motifs is 1. The first-order valence-electron chi connectivity index (χ1n) is 9.73. The SMILES string of the molecule is Nc1nc(C(=CCl)C(=O)NC2C(=O)N3C(C(=O)O)=C(CSc4nnc(SCC(=O)O)s4)CS[C@H]23)cs1. The summed E-state index contributed by atoms with van der Waals surface area (Å²) >= 11 is 11.8. The number of aromatic nitrogens is 3. The van der Waals surface area contributed by atoms with E-state index in [1.54, 1.807) is 5.38 Å². The van der Waals surface area contributed by atoms with Gasteiger partial charge in [-0.25, -0.2) is 9.78 Å². The number of nitrogens with one attached hydrogen (secondary N) is 1. The van der Waals surface area contributed by atoms with Crippen LogP contribution in [-0.4, -0.2) is 82.7 Å². The highest BCUT2D eigenvalue weighted by atomic mass is 35.5. The molecule has 4 rings (SSSR count). The number of aliphatic carboxylic acids is 2. The molecule has 0 saturated carbocycles. The first-order valence-corrected chi connectivity index (χ1v) is 14.9. The zero-order valence-corrected chi connectivity index (χ0v) is 22.6. The van der Waals surface area contributed by atoms with Gasteiger partial charge >= 0.3 is 11.9 Å². The van der Waals surface area contributed by atoms with Crippen LogP contribution in [0.1, 0.15) is 5.69 Å². The Kier molecular flexibility index (Phi) is 8.46. The number of β-lactam (4-membered cyclic amide) rings is 1. The summed E-state index contributed by atoms with van der Waals surface area (Å²) in [5.74, 6) is -2.94. The smallest absolute Gasteiger partial charge is 0.352 e. The Hall–Kier alpha value is -2.31. The van der Waals surface area contributed by atoms with Gasteiger partial charge in [0.1, 0.15) is 17.1 Å². The maximum Gasteiger partial charge on any atom is 0.352 e. The molecule has 12 nitrogen and oxygen atoms in total. The third kappa shape index (κ3) is 5.65. The van der Waals surface area contributed by atoms with Crippen molar-refractivity contribution in [3.05, 3.63) is 27.9 Å². The summed E-state index contributed by atoms with van der Waals surface area (Å²) < 4.78 is 1.04. The molecule has 1 unspecified atom stereocenters. The molecule has 190 valence electrons. The standard InChI is InChI=1S/C18H15ClN6O6S5/c19-1-7(8-4-33-16(20)21-8)12(28)22-10-13(29)25-11(15(30)31)6(2-32-14(10)25)3-34-17-23-24-18(36-17)35-5-9(26)27/h1,4,10,14H,2-3,5H2,(H2,20,21)(H,22,28)(H,26,27)(H,30,31)/t10?,14-/m1/s1. The van der Waals surface area contributed by atoms with Gasteiger partial charge < -0.3 is 21.3 Å². The predicted molar refractivity (Wildman–Crippen MR) is 139 cm³/mol. The predicted octanol–water partition coefficient (Wildman–Crippen LogP) is 1.86. The van der Waals surface area contributed by atoms with E-state index in [9.17, 15) is 24.3 Å². The second-order valence-corrected chi connectivity index (χ2v) is 12.7. The lowest BCUT2D eigenvalue weighted by molar-refractivity contribution is -0.150. The first-order chi connectivity index (χ1) is 17.2. The van der Waals surface area contributed by atoms with Crippen molar-refractivity contribution in [2.75, 3.05) is 23.0 Å². The van der Waals surface area contributed by atoms with Gasteiger partial charge in [-0.05, 0) is 5.57 Å². The van der Waals surface area contributed by atoms with Crippen molar-refractivity contribution in [2.45, 2.75) is 20.1 Å². The number of anilines is 1. The number of carbonyl (C=O) groups excluding carboxylic acids is 2. The number of amides is 2. The molecule has 1 fully saturated rings. The van der Waals surface area contributed by atoms with Gasteiger partial charge in [0.25, 0.3) is 11.8 Å². The fourth-order valence-electron chi connectivity index (χ4n) is 3.23. The molecule has 2 aliphatic heterocycles. The number of rotatable bonds is 10. The van der Waals surface area contributed by atoms with E-state index in [1.807, 2.05) is 0 Å². The number of thiazole rings is 1. The number of carbonyl (C=O) groups is 4. The van der Waals surface area contributed by atoms with Crippen molar-refractivity contribution >= 4 is 104 Å². The Balaban J connectivity index is 1.42. The maximum absolute atomic E-state index is 12.9. The molecule has 2 atom stereocenters.